The summed E-state index contributed by atoms with van der Waals surface area (Å²) in [6.45, 7) is 4.24. The van der Waals surface area contributed by atoms with Gasteiger partial charge in [-0.15, -0.1) is 0 Å². The Morgan fingerprint density at radius 3 is 2.35 bits per heavy atom. The Labute approximate surface area is 115 Å². The van der Waals surface area contributed by atoms with Gasteiger partial charge in [0.2, 0.25) is 0 Å². The van der Waals surface area contributed by atoms with Crippen LogP contribution in [-0.2, 0) is 0 Å². The van der Waals surface area contributed by atoms with Crippen LogP contribution in [0.3, 0.4) is 0 Å². The highest BCUT2D eigenvalue weighted by Crippen LogP contribution is 2.35. The summed E-state index contributed by atoms with van der Waals surface area (Å²) >= 11 is 5.13. The Balaban J connectivity index is 2.31. The second kappa shape index (κ2) is 5.15. The number of hydrogen-bond acceptors (Lipinski definition) is 2. The third kappa shape index (κ3) is 3.05. The molecule has 0 aliphatic carbocycles. The van der Waals surface area contributed by atoms with Crippen LogP contribution in [0.2, 0.25) is 0 Å². The van der Waals surface area contributed by atoms with Crippen molar-refractivity contribution in [3.05, 3.63) is 52.0 Å². The minimum Gasteiger partial charge on any atom is -0.398 e. The highest BCUT2D eigenvalue weighted by molar-refractivity contribution is 9.10. The number of rotatable bonds is 2. The fourth-order valence-electron chi connectivity index (χ4n) is 1.64. The van der Waals surface area contributed by atoms with Crippen molar-refractivity contribution in [2.24, 2.45) is 0 Å². The van der Waals surface area contributed by atoms with E-state index in [4.69, 9.17) is 5.73 Å². The summed E-state index contributed by atoms with van der Waals surface area (Å²) in [5.41, 5.74) is 9.38. The number of halogens is 1. The van der Waals surface area contributed by atoms with E-state index in [2.05, 4.69) is 48.0 Å². The average molecular weight is 308 g/mol. The van der Waals surface area contributed by atoms with Crippen molar-refractivity contribution >= 4 is 33.4 Å². The van der Waals surface area contributed by atoms with Crippen molar-refractivity contribution in [3.63, 3.8) is 0 Å². The number of hydrogen-bond donors (Lipinski definition) is 1. The fourth-order valence-corrected chi connectivity index (χ4v) is 2.93. The third-order valence-electron chi connectivity index (χ3n) is 2.52. The van der Waals surface area contributed by atoms with Gasteiger partial charge in [-0.1, -0.05) is 45.4 Å². The molecule has 17 heavy (non-hydrogen) atoms. The molecule has 0 heterocycles. The molecule has 0 aliphatic rings. The summed E-state index contributed by atoms with van der Waals surface area (Å²) in [5, 5.41) is 0. The highest BCUT2D eigenvalue weighted by atomic mass is 79.9. The highest BCUT2D eigenvalue weighted by Gasteiger charge is 2.05. The summed E-state index contributed by atoms with van der Waals surface area (Å²) < 4.78 is 1.01. The van der Waals surface area contributed by atoms with Gasteiger partial charge in [0.05, 0.1) is 0 Å². The number of anilines is 1. The lowest BCUT2D eigenvalue weighted by Crippen LogP contribution is -1.89. The Kier molecular flexibility index (Phi) is 3.79. The summed E-state index contributed by atoms with van der Waals surface area (Å²) in [4.78, 5) is 2.35. The summed E-state index contributed by atoms with van der Waals surface area (Å²) in [6, 6.07) is 12.5. The lowest BCUT2D eigenvalue weighted by atomic mass is 10.2. The maximum absolute atomic E-state index is 6.00. The number of benzene rings is 2. The van der Waals surface area contributed by atoms with Gasteiger partial charge in [0.15, 0.2) is 0 Å². The molecule has 0 amide bonds. The first-order valence-corrected chi connectivity index (χ1v) is 6.97. The van der Waals surface area contributed by atoms with Crippen molar-refractivity contribution in [1.29, 1.82) is 0 Å². The van der Waals surface area contributed by atoms with E-state index in [1.807, 2.05) is 18.2 Å². The molecule has 2 aromatic carbocycles. The first-order valence-electron chi connectivity index (χ1n) is 5.36. The monoisotopic (exact) mass is 307 g/mol. The van der Waals surface area contributed by atoms with Gasteiger partial charge in [0.1, 0.15) is 0 Å². The van der Waals surface area contributed by atoms with E-state index in [1.165, 1.54) is 16.0 Å². The van der Waals surface area contributed by atoms with Crippen LogP contribution in [-0.4, -0.2) is 0 Å². The normalized spacial score (nSPS) is 10.5. The Hall–Kier alpha value is -0.930. The van der Waals surface area contributed by atoms with Crippen molar-refractivity contribution < 1.29 is 0 Å². The van der Waals surface area contributed by atoms with Crippen LogP contribution in [0.4, 0.5) is 5.69 Å². The van der Waals surface area contributed by atoms with Gasteiger partial charge >= 0.3 is 0 Å². The topological polar surface area (TPSA) is 26.0 Å². The summed E-state index contributed by atoms with van der Waals surface area (Å²) in [6.07, 6.45) is 0. The molecule has 2 rings (SSSR count). The molecule has 0 bridgehead atoms. The number of nitrogens with two attached hydrogens (primary N) is 1. The molecular formula is C14H14BrNS. The molecule has 2 aromatic rings. The SMILES string of the molecule is Cc1ccc(Sc2ccc(Br)cc2N)c(C)c1. The van der Waals surface area contributed by atoms with Gasteiger partial charge in [0.25, 0.3) is 0 Å². The van der Waals surface area contributed by atoms with Crippen LogP contribution < -0.4 is 5.73 Å². The average Bonchev–Trinajstić information content (AvgIpc) is 2.25. The maximum Gasteiger partial charge on any atom is 0.0467 e. The molecule has 0 spiro atoms. The van der Waals surface area contributed by atoms with E-state index in [1.54, 1.807) is 11.8 Å². The molecule has 2 N–H and O–H groups in total. The second-order valence-electron chi connectivity index (χ2n) is 4.05. The lowest BCUT2D eigenvalue weighted by Gasteiger charge is -2.09. The van der Waals surface area contributed by atoms with Gasteiger partial charge in [-0.2, -0.15) is 0 Å². The van der Waals surface area contributed by atoms with Crippen molar-refractivity contribution in [2.45, 2.75) is 23.6 Å². The van der Waals surface area contributed by atoms with Crippen molar-refractivity contribution in [3.8, 4) is 0 Å². The van der Waals surface area contributed by atoms with Crippen LogP contribution in [0, 0.1) is 13.8 Å². The zero-order chi connectivity index (χ0) is 12.4. The van der Waals surface area contributed by atoms with Crippen LogP contribution in [0.15, 0.2) is 50.7 Å². The number of aryl methyl sites for hydroxylation is 2. The van der Waals surface area contributed by atoms with E-state index >= 15 is 0 Å². The lowest BCUT2D eigenvalue weighted by molar-refractivity contribution is 1.26. The fraction of sp³-hybridized carbons (Fsp3) is 0.143. The molecule has 0 aliphatic heterocycles. The molecule has 0 saturated heterocycles. The first kappa shape index (κ1) is 12.5. The molecule has 88 valence electrons. The van der Waals surface area contributed by atoms with Gasteiger partial charge in [0, 0.05) is 20.0 Å². The van der Waals surface area contributed by atoms with Crippen molar-refractivity contribution in [2.75, 3.05) is 5.73 Å². The van der Waals surface area contributed by atoms with Crippen LogP contribution in [0.25, 0.3) is 0 Å². The third-order valence-corrected chi connectivity index (χ3v) is 4.29. The van der Waals surface area contributed by atoms with E-state index in [9.17, 15) is 0 Å². The molecule has 0 atom stereocenters. The van der Waals surface area contributed by atoms with Gasteiger partial charge in [-0.3, -0.25) is 0 Å². The van der Waals surface area contributed by atoms with E-state index < -0.39 is 0 Å². The van der Waals surface area contributed by atoms with E-state index in [0.29, 0.717) is 0 Å². The Bertz CT molecular complexity index is 502. The maximum atomic E-state index is 6.00. The minimum atomic E-state index is 0.810. The van der Waals surface area contributed by atoms with E-state index in [0.717, 1.165) is 15.1 Å². The Morgan fingerprint density at radius 2 is 1.71 bits per heavy atom. The van der Waals surface area contributed by atoms with E-state index in [-0.39, 0.29) is 0 Å². The molecule has 0 fully saturated rings. The zero-order valence-electron chi connectivity index (χ0n) is 9.83. The largest absolute Gasteiger partial charge is 0.398 e. The van der Waals surface area contributed by atoms with Gasteiger partial charge < -0.3 is 5.73 Å². The first-order chi connectivity index (χ1) is 8.06. The number of nitrogen functional groups attached to an aromatic ring is 1. The molecule has 1 nitrogen and oxygen atoms in total. The molecule has 0 aromatic heterocycles. The predicted octanol–water partition coefficient (Wildman–Crippen LogP) is 4.80. The van der Waals surface area contributed by atoms with Crippen LogP contribution in [0.1, 0.15) is 11.1 Å². The summed E-state index contributed by atoms with van der Waals surface area (Å²) in [5.74, 6) is 0. The Morgan fingerprint density at radius 1 is 1.00 bits per heavy atom. The predicted molar refractivity (Wildman–Crippen MR) is 78.6 cm³/mol. The zero-order valence-corrected chi connectivity index (χ0v) is 12.2. The van der Waals surface area contributed by atoms with Gasteiger partial charge in [-0.05, 0) is 43.7 Å². The molecule has 0 unspecified atom stereocenters. The molecule has 0 saturated carbocycles. The van der Waals surface area contributed by atoms with Crippen molar-refractivity contribution in [1.82, 2.24) is 0 Å². The van der Waals surface area contributed by atoms with Crippen LogP contribution >= 0.6 is 27.7 Å². The molecule has 0 radical (unpaired) electrons. The minimum absolute atomic E-state index is 0.810. The van der Waals surface area contributed by atoms with Crippen LogP contribution in [0.5, 0.6) is 0 Å². The smallest absolute Gasteiger partial charge is 0.0467 e. The quantitative estimate of drug-likeness (QED) is 0.807. The summed E-state index contributed by atoms with van der Waals surface area (Å²) in [7, 11) is 0. The second-order valence-corrected chi connectivity index (χ2v) is 6.05. The van der Waals surface area contributed by atoms with Gasteiger partial charge in [-0.25, -0.2) is 0 Å². The standard InChI is InChI=1S/C14H14BrNS/c1-9-3-5-13(10(2)7-9)17-14-6-4-11(15)8-12(14)16/h3-8H,16H2,1-2H3. The molecular weight excluding hydrogens is 294 g/mol. The molecule has 3 heteroatoms.